The van der Waals surface area contributed by atoms with Crippen LogP contribution in [0.2, 0.25) is 0 Å². The zero-order valence-electron chi connectivity index (χ0n) is 28.0. The Kier molecular flexibility index (Phi) is 6.22. The van der Waals surface area contributed by atoms with Crippen LogP contribution < -0.4 is 0 Å². The number of para-hydroxylation sites is 2. The molecule has 0 spiro atoms. The molecule has 0 bridgehead atoms. The van der Waals surface area contributed by atoms with Crippen molar-refractivity contribution in [3.05, 3.63) is 176 Å². The molecule has 0 N–H and O–H groups in total. The van der Waals surface area contributed by atoms with E-state index < -0.39 is 0 Å². The summed E-state index contributed by atoms with van der Waals surface area (Å²) in [5, 5.41) is 7.87. The second-order valence-electron chi connectivity index (χ2n) is 13.4. The van der Waals surface area contributed by atoms with E-state index in [1.807, 2.05) is 12.1 Å². The van der Waals surface area contributed by atoms with Gasteiger partial charge in [-0.3, -0.25) is 4.57 Å². The quantitative estimate of drug-likeness (QED) is 0.188. The molecule has 0 atom stereocenters. The molecule has 0 unspecified atom stereocenters. The van der Waals surface area contributed by atoms with Crippen molar-refractivity contribution in [3.8, 4) is 39.5 Å². The zero-order chi connectivity index (χ0) is 34.2. The Morgan fingerprint density at radius 3 is 1.81 bits per heavy atom. The lowest BCUT2D eigenvalue weighted by Gasteiger charge is -2.16. The molecule has 0 aliphatic heterocycles. The fraction of sp³-hybridized carbons (Fsp3) is 0. The number of hydrogen-bond acceptors (Lipinski definition) is 3. The standard InChI is InChI=1S/C48H29N3O/c1-3-13-30(14-4-1)37-28-41-42(29-38(37)31-15-5-2-6-16-31)49-48(50-47(41)34-23-24-46-40(26-34)36-20-10-12-22-45(36)52-46)51-43-21-11-9-19-35(43)39-25-32-17-7-8-18-33(32)27-44(39)51/h1-29H. The first-order chi connectivity index (χ1) is 25.8. The van der Waals surface area contributed by atoms with Gasteiger partial charge in [0.1, 0.15) is 11.2 Å². The van der Waals surface area contributed by atoms with Gasteiger partial charge in [0.05, 0.1) is 22.2 Å². The second-order valence-corrected chi connectivity index (χ2v) is 13.4. The average Bonchev–Trinajstić information content (AvgIpc) is 3.74. The Hall–Kier alpha value is -7.04. The summed E-state index contributed by atoms with van der Waals surface area (Å²) in [4.78, 5) is 11.0. The molecule has 3 aromatic heterocycles. The molecular weight excluding hydrogens is 635 g/mol. The van der Waals surface area contributed by atoms with E-state index in [9.17, 15) is 0 Å². The van der Waals surface area contributed by atoms with Crippen LogP contribution in [0.3, 0.4) is 0 Å². The van der Waals surface area contributed by atoms with Crippen LogP contribution in [0.25, 0.3) is 105 Å². The summed E-state index contributed by atoms with van der Waals surface area (Å²) in [6, 6.07) is 62.1. The van der Waals surface area contributed by atoms with Crippen LogP contribution in [-0.2, 0) is 0 Å². The monoisotopic (exact) mass is 663 g/mol. The van der Waals surface area contributed by atoms with Crippen LogP contribution in [0.4, 0.5) is 0 Å². The molecule has 0 fully saturated rings. The summed E-state index contributed by atoms with van der Waals surface area (Å²) < 4.78 is 8.48. The van der Waals surface area contributed by atoms with Gasteiger partial charge >= 0.3 is 0 Å². The highest BCUT2D eigenvalue weighted by Gasteiger charge is 2.21. The zero-order valence-corrected chi connectivity index (χ0v) is 28.0. The molecule has 11 aromatic rings. The highest BCUT2D eigenvalue weighted by Crippen LogP contribution is 2.41. The van der Waals surface area contributed by atoms with E-state index in [-0.39, 0.29) is 0 Å². The molecule has 4 nitrogen and oxygen atoms in total. The summed E-state index contributed by atoms with van der Waals surface area (Å²) in [6.45, 7) is 0. The first kappa shape index (κ1) is 28.8. The molecule has 0 aliphatic rings. The fourth-order valence-corrected chi connectivity index (χ4v) is 7.94. The lowest BCUT2D eigenvalue weighted by molar-refractivity contribution is 0.669. The number of aromatic nitrogens is 3. The molecular formula is C48H29N3O. The SMILES string of the molecule is c1ccc(-c2cc3nc(-n4c5ccccc5c5cc6ccccc6cc54)nc(-c4ccc5oc6ccccc6c5c4)c3cc2-c2ccccc2)cc1. The molecule has 3 heterocycles. The summed E-state index contributed by atoms with van der Waals surface area (Å²) in [7, 11) is 0. The maximum Gasteiger partial charge on any atom is 0.235 e. The topological polar surface area (TPSA) is 43.9 Å². The lowest BCUT2D eigenvalue weighted by atomic mass is 9.91. The molecule has 0 saturated heterocycles. The van der Waals surface area contributed by atoms with Crippen molar-refractivity contribution in [2.75, 3.05) is 0 Å². The van der Waals surface area contributed by atoms with Gasteiger partial charge in [0.25, 0.3) is 0 Å². The van der Waals surface area contributed by atoms with Gasteiger partial charge in [-0.05, 0) is 87.6 Å². The van der Waals surface area contributed by atoms with E-state index in [4.69, 9.17) is 14.4 Å². The van der Waals surface area contributed by atoms with E-state index in [0.717, 1.165) is 77.4 Å². The van der Waals surface area contributed by atoms with Gasteiger partial charge in [0, 0.05) is 32.5 Å². The summed E-state index contributed by atoms with van der Waals surface area (Å²) in [5.74, 6) is 0.632. The molecule has 11 rings (SSSR count). The van der Waals surface area contributed by atoms with Gasteiger partial charge in [-0.15, -0.1) is 0 Å². The maximum atomic E-state index is 6.25. The van der Waals surface area contributed by atoms with Crippen molar-refractivity contribution in [2.45, 2.75) is 0 Å². The number of rotatable bonds is 4. The van der Waals surface area contributed by atoms with Gasteiger partial charge < -0.3 is 4.42 Å². The van der Waals surface area contributed by atoms with Crippen LogP contribution in [0, 0.1) is 0 Å². The van der Waals surface area contributed by atoms with Gasteiger partial charge in [-0.25, -0.2) is 9.97 Å². The Morgan fingerprint density at radius 1 is 0.385 bits per heavy atom. The average molecular weight is 664 g/mol. The van der Waals surface area contributed by atoms with Gasteiger partial charge in [0.2, 0.25) is 5.95 Å². The summed E-state index contributed by atoms with van der Waals surface area (Å²) in [5.41, 5.74) is 11.2. The van der Waals surface area contributed by atoms with Crippen LogP contribution in [-0.4, -0.2) is 14.5 Å². The van der Waals surface area contributed by atoms with Crippen LogP contribution >= 0.6 is 0 Å². The van der Waals surface area contributed by atoms with E-state index in [0.29, 0.717) is 5.95 Å². The largest absolute Gasteiger partial charge is 0.456 e. The normalized spacial score (nSPS) is 11.8. The molecule has 0 aliphatic carbocycles. The van der Waals surface area contributed by atoms with Crippen LogP contribution in [0.1, 0.15) is 0 Å². The van der Waals surface area contributed by atoms with Crippen molar-refractivity contribution in [2.24, 2.45) is 0 Å². The molecule has 0 radical (unpaired) electrons. The van der Waals surface area contributed by atoms with Crippen molar-refractivity contribution in [1.29, 1.82) is 0 Å². The van der Waals surface area contributed by atoms with Crippen molar-refractivity contribution >= 4 is 65.4 Å². The van der Waals surface area contributed by atoms with Gasteiger partial charge in [-0.1, -0.05) is 121 Å². The predicted molar refractivity (Wildman–Crippen MR) is 215 cm³/mol. The third-order valence-electron chi connectivity index (χ3n) is 10.4. The number of nitrogens with zero attached hydrogens (tertiary/aromatic N) is 3. The molecule has 0 saturated carbocycles. The van der Waals surface area contributed by atoms with Gasteiger partial charge in [0.15, 0.2) is 0 Å². The van der Waals surface area contributed by atoms with Crippen LogP contribution in [0.15, 0.2) is 180 Å². The highest BCUT2D eigenvalue weighted by atomic mass is 16.3. The maximum absolute atomic E-state index is 6.25. The number of furan rings is 1. The van der Waals surface area contributed by atoms with Gasteiger partial charge in [-0.2, -0.15) is 0 Å². The Labute approximate surface area is 298 Å². The number of fused-ring (bicyclic) bond motifs is 8. The molecule has 0 amide bonds. The van der Waals surface area contributed by atoms with E-state index in [1.165, 1.54) is 21.5 Å². The minimum Gasteiger partial charge on any atom is -0.456 e. The lowest BCUT2D eigenvalue weighted by Crippen LogP contribution is -2.04. The molecule has 242 valence electrons. The summed E-state index contributed by atoms with van der Waals surface area (Å²) >= 11 is 0. The molecule has 52 heavy (non-hydrogen) atoms. The minimum absolute atomic E-state index is 0.632. The molecule has 8 aromatic carbocycles. The fourth-order valence-electron chi connectivity index (χ4n) is 7.94. The first-order valence-corrected chi connectivity index (χ1v) is 17.6. The third kappa shape index (κ3) is 4.41. The highest BCUT2D eigenvalue weighted by molar-refractivity contribution is 6.14. The van der Waals surface area contributed by atoms with E-state index >= 15 is 0 Å². The predicted octanol–water partition coefficient (Wildman–Crippen LogP) is 12.8. The molecule has 4 heteroatoms. The van der Waals surface area contributed by atoms with Crippen molar-refractivity contribution < 1.29 is 4.42 Å². The van der Waals surface area contributed by atoms with E-state index in [1.54, 1.807) is 0 Å². The van der Waals surface area contributed by atoms with E-state index in [2.05, 4.69) is 168 Å². The minimum atomic E-state index is 0.632. The first-order valence-electron chi connectivity index (χ1n) is 17.6. The van der Waals surface area contributed by atoms with Crippen molar-refractivity contribution in [1.82, 2.24) is 14.5 Å². The smallest absolute Gasteiger partial charge is 0.235 e. The number of hydrogen-bond donors (Lipinski definition) is 0. The third-order valence-corrected chi connectivity index (χ3v) is 10.4. The number of benzene rings is 8. The van der Waals surface area contributed by atoms with Crippen molar-refractivity contribution in [3.63, 3.8) is 0 Å². The Morgan fingerprint density at radius 2 is 1.02 bits per heavy atom. The second kappa shape index (κ2) is 11.2. The Bertz CT molecular complexity index is 3180. The Balaban J connectivity index is 1.27. The summed E-state index contributed by atoms with van der Waals surface area (Å²) in [6.07, 6.45) is 0. The van der Waals surface area contributed by atoms with Crippen LogP contribution in [0.5, 0.6) is 0 Å².